The van der Waals surface area contributed by atoms with Crippen molar-refractivity contribution in [1.29, 1.82) is 0 Å². The summed E-state index contributed by atoms with van der Waals surface area (Å²) in [6.45, 7) is 8.98. The maximum atomic E-state index is 4.77. The minimum absolute atomic E-state index is 0.971. The highest BCUT2D eigenvalue weighted by Gasteiger charge is 2.23. The van der Waals surface area contributed by atoms with Gasteiger partial charge in [-0.2, -0.15) is 0 Å². The first-order valence-corrected chi connectivity index (χ1v) is 18.1. The molecule has 252 valence electrons. The molecule has 0 saturated heterocycles. The Morgan fingerprint density at radius 2 is 1.37 bits per heavy atom. The zero-order valence-electron chi connectivity index (χ0n) is 29.8. The lowest BCUT2D eigenvalue weighted by molar-refractivity contribution is 0.888. The van der Waals surface area contributed by atoms with Crippen LogP contribution in [0, 0.1) is 6.92 Å². The van der Waals surface area contributed by atoms with Gasteiger partial charge in [-0.3, -0.25) is 0 Å². The second-order valence-corrected chi connectivity index (χ2v) is 13.5. The maximum Gasteiger partial charge on any atom is 0.0543 e. The summed E-state index contributed by atoms with van der Waals surface area (Å²) in [7, 11) is 0. The van der Waals surface area contributed by atoms with E-state index in [9.17, 15) is 0 Å². The molecule has 0 radical (unpaired) electrons. The van der Waals surface area contributed by atoms with E-state index in [4.69, 9.17) is 6.58 Å². The lowest BCUT2D eigenvalue weighted by Crippen LogP contribution is -2.02. The molecule has 6 aromatic carbocycles. The van der Waals surface area contributed by atoms with Gasteiger partial charge in [0.2, 0.25) is 0 Å². The van der Waals surface area contributed by atoms with Crippen molar-refractivity contribution >= 4 is 39.5 Å². The van der Waals surface area contributed by atoms with Gasteiger partial charge < -0.3 is 9.88 Å². The number of para-hydroxylation sites is 1. The van der Waals surface area contributed by atoms with Gasteiger partial charge >= 0.3 is 0 Å². The molecule has 0 fully saturated rings. The number of aromatic nitrogens is 1. The third-order valence-corrected chi connectivity index (χ3v) is 10.0. The maximum absolute atomic E-state index is 4.77. The van der Waals surface area contributed by atoms with Crippen molar-refractivity contribution in [2.24, 2.45) is 0 Å². The molecule has 1 aliphatic carbocycles. The number of hydrogen-bond acceptors (Lipinski definition) is 1. The minimum atomic E-state index is 0.971. The van der Waals surface area contributed by atoms with Crippen molar-refractivity contribution < 1.29 is 0 Å². The third kappa shape index (κ3) is 6.36. The summed E-state index contributed by atoms with van der Waals surface area (Å²) in [5, 5.41) is 4.96. The molecule has 0 atom stereocenters. The predicted octanol–water partition coefficient (Wildman–Crippen LogP) is 13.6. The molecule has 2 heteroatoms. The van der Waals surface area contributed by atoms with Gasteiger partial charge in [0.25, 0.3) is 0 Å². The SMILES string of the molecule is C=C(/C(=C\C=C/C)c1cccc2c1c1c(n2-c2ccc(-c3cccc(C)c3)cc2)CCC=C1)c1ccccc1Nc1ccc(-c2ccccc2)cc1. The second-order valence-electron chi connectivity index (χ2n) is 13.5. The van der Waals surface area contributed by atoms with Crippen LogP contribution in [-0.4, -0.2) is 4.57 Å². The summed E-state index contributed by atoms with van der Waals surface area (Å²) in [6.07, 6.45) is 13.1. The van der Waals surface area contributed by atoms with Crippen molar-refractivity contribution in [1.82, 2.24) is 4.57 Å². The molecule has 0 saturated carbocycles. The van der Waals surface area contributed by atoms with Gasteiger partial charge in [-0.15, -0.1) is 0 Å². The van der Waals surface area contributed by atoms with Gasteiger partial charge in [0, 0.05) is 39.3 Å². The average molecular weight is 671 g/mol. The molecule has 0 spiro atoms. The Morgan fingerprint density at radius 3 is 2.15 bits per heavy atom. The van der Waals surface area contributed by atoms with E-state index in [0.717, 1.165) is 40.9 Å². The lowest BCUT2D eigenvalue weighted by atomic mass is 9.88. The zero-order chi connectivity index (χ0) is 35.4. The normalized spacial score (nSPS) is 12.7. The predicted molar refractivity (Wildman–Crippen MR) is 224 cm³/mol. The minimum Gasteiger partial charge on any atom is -0.355 e. The molecule has 0 aliphatic heterocycles. The van der Waals surface area contributed by atoms with Gasteiger partial charge in [-0.1, -0.05) is 152 Å². The van der Waals surface area contributed by atoms with Crippen LogP contribution in [-0.2, 0) is 6.42 Å². The van der Waals surface area contributed by atoms with E-state index in [1.807, 2.05) is 0 Å². The molecule has 8 rings (SSSR count). The van der Waals surface area contributed by atoms with Crippen molar-refractivity contribution in [3.8, 4) is 27.9 Å². The number of allylic oxidation sites excluding steroid dienone is 6. The third-order valence-electron chi connectivity index (χ3n) is 10.0. The molecule has 1 aromatic heterocycles. The van der Waals surface area contributed by atoms with Crippen LogP contribution in [0.3, 0.4) is 0 Å². The van der Waals surface area contributed by atoms with Crippen molar-refractivity contribution in [2.75, 3.05) is 5.32 Å². The number of benzene rings is 6. The molecule has 1 aliphatic rings. The van der Waals surface area contributed by atoms with E-state index < -0.39 is 0 Å². The Labute approximate surface area is 307 Å². The van der Waals surface area contributed by atoms with Gasteiger partial charge in [-0.05, 0) is 102 Å². The first-order valence-electron chi connectivity index (χ1n) is 18.1. The van der Waals surface area contributed by atoms with E-state index in [1.165, 1.54) is 61.2 Å². The summed E-state index contributed by atoms with van der Waals surface area (Å²) in [6, 6.07) is 52.1. The summed E-state index contributed by atoms with van der Waals surface area (Å²) >= 11 is 0. The molecule has 1 N–H and O–H groups in total. The van der Waals surface area contributed by atoms with Crippen molar-refractivity contribution in [2.45, 2.75) is 26.7 Å². The van der Waals surface area contributed by atoms with Crippen molar-refractivity contribution in [3.05, 3.63) is 204 Å². The summed E-state index contributed by atoms with van der Waals surface area (Å²) in [5.41, 5.74) is 17.6. The second kappa shape index (κ2) is 14.5. The topological polar surface area (TPSA) is 17.0 Å². The van der Waals surface area contributed by atoms with Crippen LogP contribution in [0.2, 0.25) is 0 Å². The van der Waals surface area contributed by atoms with Gasteiger partial charge in [0.1, 0.15) is 0 Å². The highest BCUT2D eigenvalue weighted by atomic mass is 15.0. The zero-order valence-corrected chi connectivity index (χ0v) is 29.8. The number of nitrogens with one attached hydrogen (secondary N) is 1. The van der Waals surface area contributed by atoms with Crippen molar-refractivity contribution in [3.63, 3.8) is 0 Å². The van der Waals surface area contributed by atoms with E-state index >= 15 is 0 Å². The number of rotatable bonds is 9. The van der Waals surface area contributed by atoms with Crippen LogP contribution in [0.15, 0.2) is 176 Å². The number of anilines is 2. The molecule has 2 nitrogen and oxygen atoms in total. The van der Waals surface area contributed by atoms with Crippen LogP contribution >= 0.6 is 0 Å². The number of nitrogens with zero attached hydrogens (tertiary/aromatic N) is 1. The standard InChI is InChI=1S/C50H42N2/c1-4-5-19-43(36(3)44-20-9-11-23-47(44)51-41-30-26-38(27-31-41)37-16-7-6-8-17-37)45-22-14-25-49-50(45)46-21-10-12-24-48(46)52(49)42-32-28-39(29-33-42)40-18-13-15-35(2)34-40/h4-11,13-23,25-34,51H,3,12,24H2,1-2H3/b5-4-,43-19+. The van der Waals surface area contributed by atoms with Crippen LogP contribution in [0.25, 0.3) is 56.1 Å². The van der Waals surface area contributed by atoms with Crippen LogP contribution < -0.4 is 5.32 Å². The Hall–Kier alpha value is -6.38. The van der Waals surface area contributed by atoms with Gasteiger partial charge in [-0.25, -0.2) is 0 Å². The smallest absolute Gasteiger partial charge is 0.0543 e. The number of fused-ring (bicyclic) bond motifs is 3. The summed E-state index contributed by atoms with van der Waals surface area (Å²) in [5.74, 6) is 0. The van der Waals surface area contributed by atoms with E-state index in [0.29, 0.717) is 0 Å². The average Bonchev–Trinajstić information content (AvgIpc) is 3.54. The highest BCUT2D eigenvalue weighted by Crippen LogP contribution is 2.43. The first-order chi connectivity index (χ1) is 25.6. The number of aryl methyl sites for hydroxylation is 1. The highest BCUT2D eigenvalue weighted by molar-refractivity contribution is 6.14. The molecule has 0 amide bonds. The van der Waals surface area contributed by atoms with E-state index in [1.54, 1.807) is 0 Å². The Kier molecular flexibility index (Phi) is 9.12. The largest absolute Gasteiger partial charge is 0.355 e. The van der Waals surface area contributed by atoms with Crippen LogP contribution in [0.1, 0.15) is 41.3 Å². The van der Waals surface area contributed by atoms with Gasteiger partial charge in [0.15, 0.2) is 0 Å². The fraction of sp³-hybridized carbons (Fsp3) is 0.0800. The molecular formula is C50H42N2. The van der Waals surface area contributed by atoms with E-state index in [-0.39, 0.29) is 0 Å². The molecule has 52 heavy (non-hydrogen) atoms. The fourth-order valence-corrected chi connectivity index (χ4v) is 7.49. The van der Waals surface area contributed by atoms with Gasteiger partial charge in [0.05, 0.1) is 5.52 Å². The lowest BCUT2D eigenvalue weighted by Gasteiger charge is -2.18. The number of hydrogen-bond donors (Lipinski definition) is 1. The Bertz CT molecular complexity index is 2490. The molecule has 1 heterocycles. The Balaban J connectivity index is 1.19. The van der Waals surface area contributed by atoms with Crippen LogP contribution in [0.5, 0.6) is 0 Å². The molecular weight excluding hydrogens is 629 g/mol. The summed E-state index contributed by atoms with van der Waals surface area (Å²) in [4.78, 5) is 0. The molecule has 7 aromatic rings. The van der Waals surface area contributed by atoms with Crippen LogP contribution in [0.4, 0.5) is 11.4 Å². The molecule has 0 unspecified atom stereocenters. The first kappa shape index (κ1) is 32.8. The molecule has 0 bridgehead atoms. The fourth-order valence-electron chi connectivity index (χ4n) is 7.49. The summed E-state index contributed by atoms with van der Waals surface area (Å²) < 4.78 is 2.47. The monoisotopic (exact) mass is 670 g/mol. The van der Waals surface area contributed by atoms with E-state index in [2.05, 4.69) is 200 Å². The quantitative estimate of drug-likeness (QED) is 0.151. The Morgan fingerprint density at radius 1 is 0.692 bits per heavy atom.